The minimum atomic E-state index is -0.136. The van der Waals surface area contributed by atoms with E-state index in [4.69, 9.17) is 23.2 Å². The summed E-state index contributed by atoms with van der Waals surface area (Å²) in [6, 6.07) is 5.68. The van der Waals surface area contributed by atoms with Crippen LogP contribution in [0.25, 0.3) is 0 Å². The Hall–Kier alpha value is -0.500. The highest BCUT2D eigenvalue weighted by Gasteiger charge is 2.19. The van der Waals surface area contributed by atoms with Gasteiger partial charge in [0.25, 0.3) is 0 Å². The minimum Gasteiger partial charge on any atom is -0.304 e. The zero-order valence-electron chi connectivity index (χ0n) is 8.98. The second-order valence-corrected chi connectivity index (χ2v) is 4.74. The van der Waals surface area contributed by atoms with E-state index in [1.165, 1.54) is 0 Å². The van der Waals surface area contributed by atoms with Crippen molar-refractivity contribution >= 4 is 23.2 Å². The molecule has 0 atom stereocenters. The maximum atomic E-state index is 5.97. The molecule has 0 aromatic heterocycles. The van der Waals surface area contributed by atoms with Gasteiger partial charge >= 0.3 is 0 Å². The molecule has 0 radical (unpaired) electrons. The molecule has 3 heteroatoms. The summed E-state index contributed by atoms with van der Waals surface area (Å²) in [4.78, 5) is 0. The van der Waals surface area contributed by atoms with E-state index in [2.05, 4.69) is 25.7 Å². The molecule has 0 aliphatic heterocycles. The summed E-state index contributed by atoms with van der Waals surface area (Å²) in [7, 11) is 0. The molecule has 1 aromatic rings. The second kappa shape index (κ2) is 5.02. The molecule has 0 saturated heterocycles. The number of rotatable bonds is 4. The Bertz CT molecular complexity index is 359. The van der Waals surface area contributed by atoms with Gasteiger partial charge in [0, 0.05) is 12.1 Å². The fourth-order valence-corrected chi connectivity index (χ4v) is 1.61. The first-order valence-electron chi connectivity index (χ1n) is 4.79. The molecule has 0 fully saturated rings. The Morgan fingerprint density at radius 3 is 2.53 bits per heavy atom. The van der Waals surface area contributed by atoms with Gasteiger partial charge in [0.1, 0.15) is 0 Å². The van der Waals surface area contributed by atoms with E-state index < -0.39 is 0 Å². The predicted octanol–water partition coefficient (Wildman–Crippen LogP) is 4.00. The third kappa shape index (κ3) is 3.23. The van der Waals surface area contributed by atoms with Crippen LogP contribution in [0.2, 0.25) is 10.0 Å². The molecule has 0 saturated carbocycles. The Morgan fingerprint density at radius 2 is 2.00 bits per heavy atom. The molecule has 15 heavy (non-hydrogen) atoms. The zero-order valence-corrected chi connectivity index (χ0v) is 10.5. The Labute approximate surface area is 101 Å². The standard InChI is InChI=1S/C12H15Cl2N/c1-4-7-15-12(2,3)9-5-6-10(13)11(14)8-9/h4-6,8,15H,1,7H2,2-3H3. The van der Waals surface area contributed by atoms with Gasteiger partial charge in [0.2, 0.25) is 0 Å². The van der Waals surface area contributed by atoms with Crippen LogP contribution in [-0.2, 0) is 5.54 Å². The SMILES string of the molecule is C=CCNC(C)(C)c1ccc(Cl)c(Cl)c1. The van der Waals surface area contributed by atoms with Crippen molar-refractivity contribution in [2.45, 2.75) is 19.4 Å². The van der Waals surface area contributed by atoms with E-state index in [-0.39, 0.29) is 5.54 Å². The van der Waals surface area contributed by atoms with E-state index in [1.54, 1.807) is 0 Å². The number of halogens is 2. The summed E-state index contributed by atoms with van der Waals surface area (Å²) >= 11 is 11.8. The Kier molecular flexibility index (Phi) is 4.21. The molecule has 1 nitrogen and oxygen atoms in total. The van der Waals surface area contributed by atoms with Crippen LogP contribution < -0.4 is 5.32 Å². The van der Waals surface area contributed by atoms with Gasteiger partial charge in [-0.25, -0.2) is 0 Å². The summed E-state index contributed by atoms with van der Waals surface area (Å²) < 4.78 is 0. The number of benzene rings is 1. The quantitative estimate of drug-likeness (QED) is 0.789. The number of hydrogen-bond donors (Lipinski definition) is 1. The fraction of sp³-hybridized carbons (Fsp3) is 0.333. The van der Waals surface area contributed by atoms with Crippen LogP contribution in [0.3, 0.4) is 0 Å². The van der Waals surface area contributed by atoms with Crippen LogP contribution in [0.15, 0.2) is 30.9 Å². The normalized spacial score (nSPS) is 11.5. The van der Waals surface area contributed by atoms with Crippen molar-refractivity contribution in [3.63, 3.8) is 0 Å². The topological polar surface area (TPSA) is 12.0 Å². The van der Waals surface area contributed by atoms with Crippen molar-refractivity contribution in [3.8, 4) is 0 Å². The molecule has 82 valence electrons. The van der Waals surface area contributed by atoms with Crippen molar-refractivity contribution in [3.05, 3.63) is 46.5 Å². The maximum Gasteiger partial charge on any atom is 0.0595 e. The predicted molar refractivity (Wildman–Crippen MR) is 67.7 cm³/mol. The van der Waals surface area contributed by atoms with Gasteiger partial charge in [0.05, 0.1) is 10.0 Å². The van der Waals surface area contributed by atoms with E-state index >= 15 is 0 Å². The van der Waals surface area contributed by atoms with Crippen molar-refractivity contribution < 1.29 is 0 Å². The highest BCUT2D eigenvalue weighted by molar-refractivity contribution is 6.42. The average Bonchev–Trinajstić information content (AvgIpc) is 2.19. The first-order valence-corrected chi connectivity index (χ1v) is 5.54. The lowest BCUT2D eigenvalue weighted by Crippen LogP contribution is -2.36. The van der Waals surface area contributed by atoms with Crippen LogP contribution >= 0.6 is 23.2 Å². The average molecular weight is 244 g/mol. The molecule has 1 rings (SSSR count). The van der Waals surface area contributed by atoms with Crippen LogP contribution in [0, 0.1) is 0 Å². The third-order valence-electron chi connectivity index (χ3n) is 2.33. The molecule has 0 aliphatic carbocycles. The van der Waals surface area contributed by atoms with Crippen LogP contribution in [-0.4, -0.2) is 6.54 Å². The lowest BCUT2D eigenvalue weighted by atomic mass is 9.94. The first-order chi connectivity index (χ1) is 6.97. The second-order valence-electron chi connectivity index (χ2n) is 3.92. The highest BCUT2D eigenvalue weighted by atomic mass is 35.5. The molecule has 0 unspecified atom stereocenters. The largest absolute Gasteiger partial charge is 0.304 e. The number of nitrogens with one attached hydrogen (secondary N) is 1. The molecule has 0 aliphatic rings. The summed E-state index contributed by atoms with van der Waals surface area (Å²) in [6.07, 6.45) is 1.83. The highest BCUT2D eigenvalue weighted by Crippen LogP contribution is 2.28. The molecule has 1 aromatic carbocycles. The van der Waals surface area contributed by atoms with Gasteiger partial charge < -0.3 is 5.32 Å². The van der Waals surface area contributed by atoms with Gasteiger partial charge in [-0.05, 0) is 31.5 Å². The molecular formula is C12H15Cl2N. The van der Waals surface area contributed by atoms with Gasteiger partial charge in [-0.15, -0.1) is 6.58 Å². The summed E-state index contributed by atoms with van der Waals surface area (Å²) in [5, 5.41) is 4.52. The molecule has 0 spiro atoms. The van der Waals surface area contributed by atoms with Crippen LogP contribution in [0.1, 0.15) is 19.4 Å². The summed E-state index contributed by atoms with van der Waals surface area (Å²) in [5.74, 6) is 0. The first kappa shape index (κ1) is 12.6. The summed E-state index contributed by atoms with van der Waals surface area (Å²) in [6.45, 7) is 8.62. The summed E-state index contributed by atoms with van der Waals surface area (Å²) in [5.41, 5.74) is 0.973. The minimum absolute atomic E-state index is 0.136. The molecular weight excluding hydrogens is 229 g/mol. The molecule has 0 amide bonds. The molecule has 0 heterocycles. The van der Waals surface area contributed by atoms with E-state index in [1.807, 2.05) is 24.3 Å². The van der Waals surface area contributed by atoms with Crippen LogP contribution in [0.4, 0.5) is 0 Å². The number of hydrogen-bond acceptors (Lipinski definition) is 1. The van der Waals surface area contributed by atoms with Crippen molar-refractivity contribution in [2.24, 2.45) is 0 Å². The molecule has 1 N–H and O–H groups in total. The smallest absolute Gasteiger partial charge is 0.0595 e. The monoisotopic (exact) mass is 243 g/mol. The van der Waals surface area contributed by atoms with E-state index in [0.717, 1.165) is 12.1 Å². The van der Waals surface area contributed by atoms with E-state index in [9.17, 15) is 0 Å². The van der Waals surface area contributed by atoms with Gasteiger partial charge in [-0.2, -0.15) is 0 Å². The van der Waals surface area contributed by atoms with Crippen molar-refractivity contribution in [1.82, 2.24) is 5.32 Å². The van der Waals surface area contributed by atoms with Crippen LogP contribution in [0.5, 0.6) is 0 Å². The third-order valence-corrected chi connectivity index (χ3v) is 3.07. The lowest BCUT2D eigenvalue weighted by molar-refractivity contribution is 0.425. The van der Waals surface area contributed by atoms with Gasteiger partial charge in [-0.1, -0.05) is 35.3 Å². The molecule has 0 bridgehead atoms. The van der Waals surface area contributed by atoms with Gasteiger partial charge in [-0.3, -0.25) is 0 Å². The van der Waals surface area contributed by atoms with E-state index in [0.29, 0.717) is 10.0 Å². The lowest BCUT2D eigenvalue weighted by Gasteiger charge is -2.26. The Balaban J connectivity index is 2.93. The Morgan fingerprint density at radius 1 is 1.33 bits per heavy atom. The van der Waals surface area contributed by atoms with Gasteiger partial charge in [0.15, 0.2) is 0 Å². The fourth-order valence-electron chi connectivity index (χ4n) is 1.31. The maximum absolute atomic E-state index is 5.97. The zero-order chi connectivity index (χ0) is 11.5. The van der Waals surface area contributed by atoms with Crippen molar-refractivity contribution in [1.29, 1.82) is 0 Å². The van der Waals surface area contributed by atoms with Crippen molar-refractivity contribution in [2.75, 3.05) is 6.54 Å².